The maximum atomic E-state index is 7.21. The maximum absolute atomic E-state index is 7.21. The summed E-state index contributed by atoms with van der Waals surface area (Å²) in [6.07, 6.45) is 3.83. The lowest BCUT2D eigenvalue weighted by Crippen LogP contribution is -2.11. The van der Waals surface area contributed by atoms with E-state index in [9.17, 15) is 0 Å². The molecule has 0 atom stereocenters. The number of hydrogen-bond acceptors (Lipinski definition) is 2. The molecule has 0 fully saturated rings. The van der Waals surface area contributed by atoms with Gasteiger partial charge in [-0.15, -0.1) is 0 Å². The second kappa shape index (κ2) is 12.6. The molecule has 0 spiro atoms. The third kappa shape index (κ3) is 5.60. The molecule has 8 bridgehead atoms. The van der Waals surface area contributed by atoms with Crippen molar-refractivity contribution in [2.75, 3.05) is 0 Å². The third-order valence-electron chi connectivity index (χ3n) is 10.4. The van der Waals surface area contributed by atoms with E-state index in [-0.39, 0.29) is 0 Å². The largest absolute Gasteiger partial charge is 0.357 e. The number of hydrogen-bond donors (Lipinski definition) is 2. The number of H-pyrrole nitrogens is 2. The molecule has 8 rings (SSSR count). The highest BCUT2D eigenvalue weighted by molar-refractivity contribution is 6.56. The molecule has 2 aromatic heterocycles. The highest BCUT2D eigenvalue weighted by Crippen LogP contribution is 2.44. The van der Waals surface area contributed by atoms with Crippen LogP contribution in [0.5, 0.6) is 0 Å². The zero-order valence-electron chi connectivity index (χ0n) is 31.1. The molecule has 52 heavy (non-hydrogen) atoms. The van der Waals surface area contributed by atoms with Crippen LogP contribution in [0.4, 0.5) is 0 Å². The second-order valence-electron chi connectivity index (χ2n) is 14.7. The van der Waals surface area contributed by atoms with Crippen molar-refractivity contribution in [3.8, 4) is 0 Å². The Hall–Kier alpha value is -4.90. The molecule has 3 aliphatic heterocycles. The molecule has 259 valence electrons. The van der Waals surface area contributed by atoms with Gasteiger partial charge < -0.3 is 9.97 Å². The smallest absolute Gasteiger partial charge is 0.0963 e. The van der Waals surface area contributed by atoms with Crippen LogP contribution in [0.15, 0.2) is 104 Å². The minimum atomic E-state index is 0.560. The third-order valence-corrected chi connectivity index (χ3v) is 11.0. The van der Waals surface area contributed by atoms with Crippen LogP contribution >= 0.6 is 23.2 Å². The lowest BCUT2D eigenvalue weighted by molar-refractivity contribution is 1.06. The topological polar surface area (TPSA) is 56.3 Å². The van der Waals surface area contributed by atoms with E-state index in [2.05, 4.69) is 133 Å². The molecule has 0 saturated carbocycles. The fraction of sp³-hybridized carbons (Fsp3) is 0.196. The maximum Gasteiger partial charge on any atom is 0.0963 e. The molecule has 3 aromatic carbocycles. The summed E-state index contributed by atoms with van der Waals surface area (Å²) in [6, 6.07) is 22.1. The van der Waals surface area contributed by atoms with Crippen molar-refractivity contribution in [1.29, 1.82) is 0 Å². The molecule has 4 nitrogen and oxygen atoms in total. The van der Waals surface area contributed by atoms with E-state index in [1.807, 2.05) is 12.2 Å². The average molecular weight is 721 g/mol. The number of fused-ring (bicyclic) bond motifs is 7. The Balaban J connectivity index is 1.50. The van der Waals surface area contributed by atoms with Crippen molar-refractivity contribution in [1.82, 2.24) is 9.97 Å². The fourth-order valence-corrected chi connectivity index (χ4v) is 9.15. The van der Waals surface area contributed by atoms with Crippen molar-refractivity contribution < 1.29 is 0 Å². The Labute approximate surface area is 316 Å². The van der Waals surface area contributed by atoms with Crippen molar-refractivity contribution in [3.05, 3.63) is 190 Å². The molecule has 6 heteroatoms. The van der Waals surface area contributed by atoms with E-state index >= 15 is 0 Å². The van der Waals surface area contributed by atoms with Crippen LogP contribution in [0.1, 0.15) is 89.5 Å². The van der Waals surface area contributed by atoms with E-state index in [1.54, 1.807) is 0 Å². The van der Waals surface area contributed by atoms with Gasteiger partial charge in [0.15, 0.2) is 0 Å². The van der Waals surface area contributed by atoms with Gasteiger partial charge in [-0.1, -0.05) is 76.3 Å². The standard InChI is InChI=1S/C46H41Cl2N4/c1-22-14-25(4)39(26(5)15-22)42-33-10-12-35(49-33)43(40-27(6)16-23(2)17-28(40)7)45-31(47)20-37(51-45)38-21-32(48)46(52-38)44(36-13-11-34(42)50-36)41-29(8)18-24(3)19-30(41)9/h10-21,49-50H,1-9H3/b45-43+,46-44+. The van der Waals surface area contributed by atoms with E-state index in [4.69, 9.17) is 33.2 Å². The number of aromatic amines is 2. The molecule has 0 unspecified atom stereocenters. The zero-order chi connectivity index (χ0) is 36.7. The van der Waals surface area contributed by atoms with Crippen LogP contribution in [0.2, 0.25) is 0 Å². The summed E-state index contributed by atoms with van der Waals surface area (Å²) in [7, 11) is 0. The van der Waals surface area contributed by atoms with Gasteiger partial charge in [-0.25, -0.2) is 9.98 Å². The molecule has 1 radical (unpaired) electrons. The minimum absolute atomic E-state index is 0.560. The van der Waals surface area contributed by atoms with Gasteiger partial charge in [-0.05, 0) is 149 Å². The number of aryl methyl sites for hydroxylation is 9. The lowest BCUT2D eigenvalue weighted by Gasteiger charge is -2.21. The summed E-state index contributed by atoms with van der Waals surface area (Å²) in [5, 5.41) is 1.12. The van der Waals surface area contributed by atoms with Gasteiger partial charge in [0, 0.05) is 33.9 Å². The minimum Gasteiger partial charge on any atom is -0.357 e. The van der Waals surface area contributed by atoms with Crippen LogP contribution in [0.3, 0.4) is 0 Å². The van der Waals surface area contributed by atoms with Crippen LogP contribution in [0, 0.1) is 68.2 Å². The number of rotatable bonds is 3. The van der Waals surface area contributed by atoms with Crippen molar-refractivity contribution in [2.45, 2.75) is 62.3 Å². The molecule has 5 heterocycles. The van der Waals surface area contributed by atoms with Crippen LogP contribution in [-0.4, -0.2) is 21.4 Å². The van der Waals surface area contributed by atoms with Crippen LogP contribution in [-0.2, 0) is 0 Å². The lowest BCUT2D eigenvalue weighted by atomic mass is 9.85. The first-order valence-electron chi connectivity index (χ1n) is 17.7. The van der Waals surface area contributed by atoms with Gasteiger partial charge in [0.1, 0.15) is 0 Å². The molecule has 0 aliphatic carbocycles. The molecular weight excluding hydrogens is 679 g/mol. The van der Waals surface area contributed by atoms with Crippen molar-refractivity contribution in [2.24, 2.45) is 9.98 Å². The first kappa shape index (κ1) is 34.2. The zero-order valence-corrected chi connectivity index (χ0v) is 32.6. The molecule has 0 amide bonds. The Bertz CT molecular complexity index is 2360. The first-order valence-corrected chi connectivity index (χ1v) is 18.5. The normalized spacial score (nSPS) is 18.6. The van der Waals surface area contributed by atoms with Gasteiger partial charge >= 0.3 is 0 Å². The number of aromatic nitrogens is 2. The van der Waals surface area contributed by atoms with Gasteiger partial charge in [0.2, 0.25) is 0 Å². The predicted octanol–water partition coefficient (Wildman–Crippen LogP) is 11.8. The number of allylic oxidation sites excluding steroid dienone is 4. The van der Waals surface area contributed by atoms with E-state index < -0.39 is 0 Å². The summed E-state index contributed by atoms with van der Waals surface area (Å²) < 4.78 is 0. The average Bonchev–Trinajstić information content (AvgIpc) is 3.86. The van der Waals surface area contributed by atoms with E-state index in [0.29, 0.717) is 32.9 Å². The van der Waals surface area contributed by atoms with Gasteiger partial charge in [-0.3, -0.25) is 0 Å². The Morgan fingerprint density at radius 2 is 0.731 bits per heavy atom. The summed E-state index contributed by atoms with van der Waals surface area (Å²) >= 11 is 14.4. The summed E-state index contributed by atoms with van der Waals surface area (Å²) in [5.74, 6) is 1.08. The first-order chi connectivity index (χ1) is 24.8. The van der Waals surface area contributed by atoms with Crippen molar-refractivity contribution >= 4 is 45.8 Å². The Kier molecular flexibility index (Phi) is 8.32. The van der Waals surface area contributed by atoms with Crippen LogP contribution in [0.25, 0.3) is 11.1 Å². The number of aliphatic imine (C=N–C) groups is 2. The van der Waals surface area contributed by atoms with E-state index in [0.717, 1.165) is 73.2 Å². The molecule has 0 saturated heterocycles. The summed E-state index contributed by atoms with van der Waals surface area (Å²) in [5.41, 5.74) is 22.6. The number of nitrogens with one attached hydrogen (secondary N) is 2. The molecule has 3 aliphatic rings. The van der Waals surface area contributed by atoms with E-state index in [1.165, 1.54) is 33.4 Å². The quantitative estimate of drug-likeness (QED) is 0.186. The number of halogens is 2. The highest BCUT2D eigenvalue weighted by Gasteiger charge is 2.32. The number of benzene rings is 3. The predicted molar refractivity (Wildman–Crippen MR) is 219 cm³/mol. The van der Waals surface area contributed by atoms with Gasteiger partial charge in [-0.2, -0.15) is 0 Å². The Morgan fingerprint density at radius 3 is 1.08 bits per heavy atom. The summed E-state index contributed by atoms with van der Waals surface area (Å²) in [6.45, 7) is 19.5. The SMILES string of the molecule is Cc1cc(C)c([C]2c3ccc([nH]3)/C(c3c(C)cc(C)cc3C)=C3\N=C(C=C3Cl)C3=N/C(=C(/c4c(C)cc(C)cc4C)c4ccc2[nH]4)C(Cl)=C3)c(C)c1. The van der Waals surface area contributed by atoms with Crippen LogP contribution < -0.4 is 0 Å². The monoisotopic (exact) mass is 719 g/mol. The second-order valence-corrected chi connectivity index (χ2v) is 15.5. The number of nitrogens with zero attached hydrogens (tertiary/aromatic N) is 2. The Morgan fingerprint density at radius 1 is 0.423 bits per heavy atom. The molecular formula is C46H41Cl2N4. The molecule has 2 N–H and O–H groups in total. The summed E-state index contributed by atoms with van der Waals surface area (Å²) in [4.78, 5) is 18.3. The van der Waals surface area contributed by atoms with Crippen molar-refractivity contribution in [3.63, 3.8) is 0 Å². The van der Waals surface area contributed by atoms with Gasteiger partial charge in [0.25, 0.3) is 0 Å². The highest BCUT2D eigenvalue weighted by atomic mass is 35.5. The molecule has 5 aromatic rings. The van der Waals surface area contributed by atoms with Gasteiger partial charge in [0.05, 0.1) is 38.8 Å². The fourth-order valence-electron chi connectivity index (χ4n) is 8.67.